The molecule has 0 spiro atoms. The summed E-state index contributed by atoms with van der Waals surface area (Å²) in [6.45, 7) is 0. The van der Waals surface area contributed by atoms with E-state index in [-0.39, 0.29) is 0 Å². The van der Waals surface area contributed by atoms with Gasteiger partial charge in [-0.15, -0.1) is 0 Å². The normalized spacial score (nSPS) is 26.5. The van der Waals surface area contributed by atoms with Crippen molar-refractivity contribution in [2.24, 2.45) is 17.8 Å². The molecule has 0 atom stereocenters. The zero-order chi connectivity index (χ0) is 15.2. The van der Waals surface area contributed by atoms with E-state index in [4.69, 9.17) is 5.26 Å². The summed E-state index contributed by atoms with van der Waals surface area (Å²) >= 11 is 0. The Hall–Kier alpha value is -1.29. The first-order chi connectivity index (χ1) is 10.8. The number of hydrogen-bond acceptors (Lipinski definition) is 1. The molecule has 0 saturated heterocycles. The number of rotatable bonds is 4. The lowest BCUT2D eigenvalue weighted by atomic mass is 9.70. The van der Waals surface area contributed by atoms with Crippen LogP contribution in [0.5, 0.6) is 0 Å². The van der Waals surface area contributed by atoms with Gasteiger partial charge in [0.05, 0.1) is 11.6 Å². The largest absolute Gasteiger partial charge is 0.192 e. The van der Waals surface area contributed by atoms with E-state index < -0.39 is 0 Å². The van der Waals surface area contributed by atoms with E-state index in [0.29, 0.717) is 0 Å². The first-order valence-electron chi connectivity index (χ1n) is 9.34. The van der Waals surface area contributed by atoms with E-state index in [1.807, 2.05) is 12.1 Å². The number of nitriles is 1. The minimum Gasteiger partial charge on any atom is -0.192 e. The fourth-order valence-corrected chi connectivity index (χ4v) is 4.67. The molecular formula is C21H29N. The molecule has 2 aliphatic rings. The van der Waals surface area contributed by atoms with Crippen molar-refractivity contribution < 1.29 is 0 Å². The Balaban J connectivity index is 1.40. The van der Waals surface area contributed by atoms with Gasteiger partial charge in [-0.2, -0.15) is 5.26 Å². The highest BCUT2D eigenvalue weighted by Crippen LogP contribution is 2.40. The number of benzene rings is 1. The van der Waals surface area contributed by atoms with Gasteiger partial charge in [-0.05, 0) is 61.1 Å². The molecule has 1 aromatic carbocycles. The molecule has 118 valence electrons. The van der Waals surface area contributed by atoms with Crippen LogP contribution in [0.15, 0.2) is 24.3 Å². The molecule has 0 heterocycles. The third-order valence-electron chi connectivity index (χ3n) is 6.13. The second kappa shape index (κ2) is 7.82. The van der Waals surface area contributed by atoms with E-state index in [9.17, 15) is 0 Å². The average molecular weight is 295 g/mol. The van der Waals surface area contributed by atoms with Gasteiger partial charge in [0.1, 0.15) is 0 Å². The maximum atomic E-state index is 8.84. The maximum Gasteiger partial charge on any atom is 0.0991 e. The van der Waals surface area contributed by atoms with Gasteiger partial charge in [0.15, 0.2) is 0 Å². The first kappa shape index (κ1) is 15.6. The second-order valence-corrected chi connectivity index (χ2v) is 7.53. The van der Waals surface area contributed by atoms with Gasteiger partial charge >= 0.3 is 0 Å². The van der Waals surface area contributed by atoms with Gasteiger partial charge in [0.2, 0.25) is 0 Å². The van der Waals surface area contributed by atoms with Gasteiger partial charge < -0.3 is 0 Å². The third-order valence-corrected chi connectivity index (χ3v) is 6.13. The Morgan fingerprint density at radius 3 is 2.09 bits per heavy atom. The van der Waals surface area contributed by atoms with Crippen LogP contribution in [-0.4, -0.2) is 0 Å². The Morgan fingerprint density at radius 2 is 1.45 bits per heavy atom. The van der Waals surface area contributed by atoms with Crippen molar-refractivity contribution >= 4 is 0 Å². The van der Waals surface area contributed by atoms with Crippen molar-refractivity contribution in [3.8, 4) is 6.07 Å². The van der Waals surface area contributed by atoms with Crippen molar-refractivity contribution in [3.63, 3.8) is 0 Å². The van der Waals surface area contributed by atoms with Crippen LogP contribution < -0.4 is 0 Å². The summed E-state index contributed by atoms with van der Waals surface area (Å²) in [7, 11) is 0. The van der Waals surface area contributed by atoms with Crippen LogP contribution in [0.4, 0.5) is 0 Å². The Labute approximate surface area is 135 Å². The van der Waals surface area contributed by atoms with Crippen LogP contribution in [0.25, 0.3) is 0 Å². The predicted molar refractivity (Wildman–Crippen MR) is 91.5 cm³/mol. The average Bonchev–Trinajstić information content (AvgIpc) is 2.61. The van der Waals surface area contributed by atoms with Gasteiger partial charge in [-0.1, -0.05) is 57.1 Å². The van der Waals surface area contributed by atoms with Crippen molar-refractivity contribution in [1.29, 1.82) is 5.26 Å². The standard InChI is InChI=1S/C21H29N/c22-16-19-10-8-17(9-11-19)6-7-18-12-14-21(15-13-18)20-4-2-1-3-5-20/h8-11,18,20-21H,1-7,12-15H2. The van der Waals surface area contributed by atoms with Crippen LogP contribution in [-0.2, 0) is 6.42 Å². The third kappa shape index (κ3) is 4.13. The van der Waals surface area contributed by atoms with Crippen LogP contribution in [0.3, 0.4) is 0 Å². The summed E-state index contributed by atoms with van der Waals surface area (Å²) in [6.07, 6.45) is 15.9. The molecule has 0 bridgehead atoms. The summed E-state index contributed by atoms with van der Waals surface area (Å²) in [5.74, 6) is 3.05. The smallest absolute Gasteiger partial charge is 0.0991 e. The summed E-state index contributed by atoms with van der Waals surface area (Å²) < 4.78 is 0. The zero-order valence-electron chi connectivity index (χ0n) is 13.8. The SMILES string of the molecule is N#Cc1ccc(CCC2CCC(C3CCCCC3)CC2)cc1. The van der Waals surface area contributed by atoms with Gasteiger partial charge in [-0.3, -0.25) is 0 Å². The Kier molecular flexibility index (Phi) is 5.54. The van der Waals surface area contributed by atoms with Gasteiger partial charge in [0, 0.05) is 0 Å². The minimum atomic E-state index is 0.775. The summed E-state index contributed by atoms with van der Waals surface area (Å²) in [4.78, 5) is 0. The minimum absolute atomic E-state index is 0.775. The molecule has 2 fully saturated rings. The highest BCUT2D eigenvalue weighted by Gasteiger charge is 2.28. The predicted octanol–water partition coefficient (Wildman–Crippen LogP) is 5.88. The highest BCUT2D eigenvalue weighted by atomic mass is 14.3. The molecule has 0 unspecified atom stereocenters. The highest BCUT2D eigenvalue weighted by molar-refractivity contribution is 5.31. The van der Waals surface area contributed by atoms with E-state index in [2.05, 4.69) is 18.2 Å². The maximum absolute atomic E-state index is 8.84. The van der Waals surface area contributed by atoms with Crippen molar-refractivity contribution in [1.82, 2.24) is 0 Å². The fraction of sp³-hybridized carbons (Fsp3) is 0.667. The molecule has 1 heteroatoms. The molecule has 0 amide bonds. The summed E-state index contributed by atoms with van der Waals surface area (Å²) in [6, 6.07) is 10.4. The van der Waals surface area contributed by atoms with Crippen LogP contribution in [0.1, 0.15) is 75.3 Å². The summed E-state index contributed by atoms with van der Waals surface area (Å²) in [5.41, 5.74) is 2.17. The molecule has 1 nitrogen and oxygen atoms in total. The molecular weight excluding hydrogens is 266 g/mol. The fourth-order valence-electron chi connectivity index (χ4n) is 4.67. The van der Waals surface area contributed by atoms with Crippen LogP contribution >= 0.6 is 0 Å². The molecule has 0 aromatic heterocycles. The lowest BCUT2D eigenvalue weighted by molar-refractivity contribution is 0.163. The van der Waals surface area contributed by atoms with E-state index in [1.54, 1.807) is 0 Å². The topological polar surface area (TPSA) is 23.8 Å². The number of nitrogens with zero attached hydrogens (tertiary/aromatic N) is 1. The zero-order valence-corrected chi connectivity index (χ0v) is 13.8. The van der Waals surface area contributed by atoms with E-state index in [1.165, 1.54) is 76.2 Å². The van der Waals surface area contributed by atoms with Gasteiger partial charge in [-0.25, -0.2) is 0 Å². The molecule has 0 radical (unpaired) electrons. The van der Waals surface area contributed by atoms with Crippen LogP contribution in [0, 0.1) is 29.1 Å². The monoisotopic (exact) mass is 295 g/mol. The molecule has 0 aliphatic heterocycles. The summed E-state index contributed by atoms with van der Waals surface area (Å²) in [5, 5.41) is 8.84. The lowest BCUT2D eigenvalue weighted by Crippen LogP contribution is -2.23. The molecule has 22 heavy (non-hydrogen) atoms. The second-order valence-electron chi connectivity index (χ2n) is 7.53. The Bertz CT molecular complexity index is 482. The lowest BCUT2D eigenvalue weighted by Gasteiger charge is -2.36. The van der Waals surface area contributed by atoms with Crippen molar-refractivity contribution in [2.45, 2.75) is 70.6 Å². The van der Waals surface area contributed by atoms with E-state index >= 15 is 0 Å². The molecule has 1 aromatic rings. The van der Waals surface area contributed by atoms with Crippen molar-refractivity contribution in [3.05, 3.63) is 35.4 Å². The number of aryl methyl sites for hydroxylation is 1. The Morgan fingerprint density at radius 1 is 0.818 bits per heavy atom. The first-order valence-corrected chi connectivity index (χ1v) is 9.34. The number of hydrogen-bond donors (Lipinski definition) is 0. The molecule has 0 N–H and O–H groups in total. The van der Waals surface area contributed by atoms with Crippen molar-refractivity contribution in [2.75, 3.05) is 0 Å². The van der Waals surface area contributed by atoms with E-state index in [0.717, 1.165) is 23.3 Å². The molecule has 3 rings (SSSR count). The molecule has 2 saturated carbocycles. The van der Waals surface area contributed by atoms with Gasteiger partial charge in [0.25, 0.3) is 0 Å². The quantitative estimate of drug-likeness (QED) is 0.680. The van der Waals surface area contributed by atoms with Crippen LogP contribution in [0.2, 0.25) is 0 Å². The molecule has 2 aliphatic carbocycles.